The fourth-order valence-electron chi connectivity index (χ4n) is 4.16. The van der Waals surface area contributed by atoms with Gasteiger partial charge in [-0.2, -0.15) is 4.98 Å². The summed E-state index contributed by atoms with van der Waals surface area (Å²) in [5, 5.41) is 7.55. The number of anilines is 1. The Labute approximate surface area is 195 Å². The molecule has 0 unspecified atom stereocenters. The molecule has 1 aliphatic carbocycles. The average Bonchev–Trinajstić information content (AvgIpc) is 3.25. The summed E-state index contributed by atoms with van der Waals surface area (Å²) in [5.41, 5.74) is 3.75. The van der Waals surface area contributed by atoms with Crippen LogP contribution in [0.4, 0.5) is 5.69 Å². The lowest BCUT2D eigenvalue weighted by Gasteiger charge is -2.16. The fourth-order valence-corrected chi connectivity index (χ4v) is 5.16. The zero-order valence-corrected chi connectivity index (χ0v) is 18.9. The van der Waals surface area contributed by atoms with E-state index in [1.165, 1.54) is 17.8 Å². The lowest BCUT2D eigenvalue weighted by molar-refractivity contribution is -0.117. The maximum absolute atomic E-state index is 12.6. The van der Waals surface area contributed by atoms with Crippen LogP contribution in [0.5, 0.6) is 5.75 Å². The number of carbonyl (C=O) groups excluding carboxylic acids is 1. The minimum absolute atomic E-state index is 0.0434. The summed E-state index contributed by atoms with van der Waals surface area (Å²) in [6, 6.07) is 15.5. The molecule has 2 aliphatic rings. The van der Waals surface area contributed by atoms with Crippen LogP contribution in [0.25, 0.3) is 22.6 Å². The van der Waals surface area contributed by atoms with Gasteiger partial charge in [0.05, 0.1) is 23.7 Å². The van der Waals surface area contributed by atoms with Crippen LogP contribution in [0.3, 0.4) is 0 Å². The molecule has 0 spiro atoms. The zero-order valence-electron chi connectivity index (χ0n) is 18.1. The van der Waals surface area contributed by atoms with E-state index in [0.717, 1.165) is 28.3 Å². The minimum Gasteiger partial charge on any atom is -0.497 e. The predicted molar refractivity (Wildman–Crippen MR) is 126 cm³/mol. The zero-order chi connectivity index (χ0) is 22.4. The highest BCUT2D eigenvalue weighted by atomic mass is 32.1. The van der Waals surface area contributed by atoms with Gasteiger partial charge in [0, 0.05) is 41.1 Å². The molecule has 4 aromatic rings. The number of hydrogen-bond donors (Lipinski definition) is 0. The van der Waals surface area contributed by atoms with Crippen LogP contribution in [-0.4, -0.2) is 34.7 Å². The van der Waals surface area contributed by atoms with Gasteiger partial charge in [0.1, 0.15) is 5.75 Å². The Balaban J connectivity index is 1.20. The van der Waals surface area contributed by atoms with Gasteiger partial charge in [-0.1, -0.05) is 23.4 Å². The molecular formula is C25H22N4O3S. The van der Waals surface area contributed by atoms with Crippen LogP contribution in [0.2, 0.25) is 0 Å². The molecule has 6 rings (SSSR count). The molecule has 1 atom stereocenters. The number of aromatic nitrogens is 3. The van der Waals surface area contributed by atoms with Gasteiger partial charge in [-0.3, -0.25) is 4.79 Å². The average molecular weight is 459 g/mol. The molecule has 1 saturated heterocycles. The third-order valence-electron chi connectivity index (χ3n) is 6.17. The van der Waals surface area contributed by atoms with Gasteiger partial charge in [0.15, 0.2) is 0 Å². The number of nitrogens with zero attached hydrogens (tertiary/aromatic N) is 4. The first-order valence-corrected chi connectivity index (χ1v) is 11.9. The monoisotopic (exact) mass is 458 g/mol. The molecule has 2 fully saturated rings. The maximum Gasteiger partial charge on any atom is 0.232 e. The standard InChI is InChI=1S/C25H22N4O3S/c1-31-20-9-7-19(8-10-20)29-13-18(12-22(29)30)24-27-23(28-32-24)17-4-2-3-16(11-17)21-14-33-25(26-21)15-5-6-15/h2-4,7-11,14-15,18H,5-6,12-13H2,1H3/t18-/m1/s1. The van der Waals surface area contributed by atoms with Crippen molar-refractivity contribution >= 4 is 22.9 Å². The summed E-state index contributed by atoms with van der Waals surface area (Å²) in [6.45, 7) is 0.510. The Morgan fingerprint density at radius 1 is 1.06 bits per heavy atom. The summed E-state index contributed by atoms with van der Waals surface area (Å²) < 4.78 is 10.8. The molecular weight excluding hydrogens is 436 g/mol. The van der Waals surface area contributed by atoms with Crippen molar-refractivity contribution in [3.63, 3.8) is 0 Å². The van der Waals surface area contributed by atoms with Gasteiger partial charge in [-0.15, -0.1) is 11.3 Å². The molecule has 2 aromatic carbocycles. The first-order chi connectivity index (χ1) is 16.2. The van der Waals surface area contributed by atoms with E-state index in [1.54, 1.807) is 23.3 Å². The van der Waals surface area contributed by atoms with Crippen LogP contribution in [0.1, 0.15) is 42.0 Å². The molecule has 33 heavy (non-hydrogen) atoms. The first-order valence-electron chi connectivity index (χ1n) is 11.0. The van der Waals surface area contributed by atoms with Gasteiger partial charge in [0.2, 0.25) is 17.6 Å². The summed E-state index contributed by atoms with van der Waals surface area (Å²) in [5.74, 6) is 2.33. The van der Waals surface area contributed by atoms with Crippen molar-refractivity contribution in [1.29, 1.82) is 0 Å². The third-order valence-corrected chi connectivity index (χ3v) is 7.17. The third kappa shape index (κ3) is 3.91. The number of ether oxygens (including phenoxy) is 1. The number of thiazole rings is 1. The van der Waals surface area contributed by atoms with Crippen molar-refractivity contribution in [1.82, 2.24) is 15.1 Å². The van der Waals surface area contributed by atoms with Crippen molar-refractivity contribution in [2.45, 2.75) is 31.1 Å². The molecule has 0 radical (unpaired) electrons. The highest BCUT2D eigenvalue weighted by Gasteiger charge is 2.35. The van der Waals surface area contributed by atoms with Gasteiger partial charge in [-0.25, -0.2) is 4.98 Å². The Kier molecular flexibility index (Phi) is 4.95. The molecule has 0 bridgehead atoms. The smallest absolute Gasteiger partial charge is 0.232 e. The van der Waals surface area contributed by atoms with Crippen LogP contribution < -0.4 is 9.64 Å². The highest BCUT2D eigenvalue weighted by Crippen LogP contribution is 2.42. The van der Waals surface area contributed by atoms with Gasteiger partial charge in [0.25, 0.3) is 0 Å². The number of methoxy groups -OCH3 is 1. The topological polar surface area (TPSA) is 81.3 Å². The lowest BCUT2D eigenvalue weighted by Crippen LogP contribution is -2.24. The molecule has 7 nitrogen and oxygen atoms in total. The van der Waals surface area contributed by atoms with E-state index in [2.05, 4.69) is 21.6 Å². The quantitative estimate of drug-likeness (QED) is 0.392. The second kappa shape index (κ2) is 8.12. The lowest BCUT2D eigenvalue weighted by atomic mass is 10.1. The number of amides is 1. The molecule has 166 valence electrons. The molecule has 1 aliphatic heterocycles. The summed E-state index contributed by atoms with van der Waals surface area (Å²) in [6.07, 6.45) is 2.84. The van der Waals surface area contributed by atoms with E-state index in [-0.39, 0.29) is 11.8 Å². The van der Waals surface area contributed by atoms with Gasteiger partial charge >= 0.3 is 0 Å². The Bertz CT molecular complexity index is 1310. The van der Waals surface area contributed by atoms with Gasteiger partial charge < -0.3 is 14.2 Å². The Morgan fingerprint density at radius 3 is 2.67 bits per heavy atom. The van der Waals surface area contributed by atoms with E-state index >= 15 is 0 Å². The second-order valence-corrected chi connectivity index (χ2v) is 9.38. The van der Waals surface area contributed by atoms with E-state index in [9.17, 15) is 4.79 Å². The molecule has 0 N–H and O–H groups in total. The number of carbonyl (C=O) groups is 1. The van der Waals surface area contributed by atoms with E-state index in [0.29, 0.717) is 30.6 Å². The van der Waals surface area contributed by atoms with Crippen LogP contribution >= 0.6 is 11.3 Å². The van der Waals surface area contributed by atoms with Gasteiger partial charge in [-0.05, 0) is 43.2 Å². The normalized spacial score (nSPS) is 18.2. The van der Waals surface area contributed by atoms with Crippen molar-refractivity contribution in [3.05, 3.63) is 64.8 Å². The Hall–Kier alpha value is -3.52. The van der Waals surface area contributed by atoms with Crippen molar-refractivity contribution < 1.29 is 14.1 Å². The SMILES string of the molecule is COc1ccc(N2C[C@H](c3nc(-c4cccc(-c5csc(C6CC6)n5)c4)no3)CC2=O)cc1. The first kappa shape index (κ1) is 20.1. The van der Waals surface area contributed by atoms with Crippen molar-refractivity contribution in [3.8, 4) is 28.4 Å². The van der Waals surface area contributed by atoms with Crippen LogP contribution in [0, 0.1) is 0 Å². The van der Waals surface area contributed by atoms with Crippen LogP contribution in [-0.2, 0) is 4.79 Å². The molecule has 2 aromatic heterocycles. The van der Waals surface area contributed by atoms with E-state index in [1.807, 2.05) is 42.5 Å². The fraction of sp³-hybridized carbons (Fsp3) is 0.280. The maximum atomic E-state index is 12.6. The summed E-state index contributed by atoms with van der Waals surface area (Å²) >= 11 is 1.73. The highest BCUT2D eigenvalue weighted by molar-refractivity contribution is 7.10. The molecule has 8 heteroatoms. The minimum atomic E-state index is -0.135. The predicted octanol–water partition coefficient (Wildman–Crippen LogP) is 5.27. The van der Waals surface area contributed by atoms with E-state index in [4.69, 9.17) is 14.2 Å². The number of benzene rings is 2. The molecule has 3 heterocycles. The molecule has 1 saturated carbocycles. The summed E-state index contributed by atoms with van der Waals surface area (Å²) in [7, 11) is 1.62. The van der Waals surface area contributed by atoms with Crippen molar-refractivity contribution in [2.75, 3.05) is 18.6 Å². The number of rotatable bonds is 6. The van der Waals surface area contributed by atoms with Crippen molar-refractivity contribution in [2.24, 2.45) is 0 Å². The summed E-state index contributed by atoms with van der Waals surface area (Å²) in [4.78, 5) is 23.8. The molecule has 1 amide bonds. The second-order valence-electron chi connectivity index (χ2n) is 8.49. The largest absolute Gasteiger partial charge is 0.497 e. The Morgan fingerprint density at radius 2 is 1.88 bits per heavy atom. The van der Waals surface area contributed by atoms with E-state index < -0.39 is 0 Å². The van der Waals surface area contributed by atoms with Crippen LogP contribution in [0.15, 0.2) is 58.4 Å². The number of hydrogen-bond acceptors (Lipinski definition) is 7.